The Hall–Kier alpha value is -1.33. The molecule has 1 spiro atoms. The monoisotopic (exact) mass is 446 g/mol. The Morgan fingerprint density at radius 1 is 1.11 bits per heavy atom. The second kappa shape index (κ2) is 8.58. The van der Waals surface area contributed by atoms with Gasteiger partial charge in [0.1, 0.15) is 4.60 Å². The molecule has 1 saturated heterocycles. The zero-order valence-electron chi connectivity index (χ0n) is 16.3. The van der Waals surface area contributed by atoms with Crippen molar-refractivity contribution < 1.29 is 9.13 Å². The standard InChI is InChI=1S/C23H28BrFN2O/c24-21-19(25)15-18(16-27-21)7-1-3-9-22(20-8-2-6-13-26-20)12-14-28-23(17-22)10-4-5-11-23/h2,6,8,13,15-16H,1,3-5,7,9-12,14,17H2/t22-/m1/s1. The molecule has 1 aliphatic carbocycles. The Balaban J connectivity index is 1.45. The molecule has 5 heteroatoms. The number of aromatic nitrogens is 2. The van der Waals surface area contributed by atoms with Gasteiger partial charge in [0, 0.05) is 30.1 Å². The molecule has 0 bridgehead atoms. The van der Waals surface area contributed by atoms with Crippen LogP contribution in [0, 0.1) is 5.82 Å². The number of aryl methyl sites for hydroxylation is 1. The van der Waals surface area contributed by atoms with Crippen molar-refractivity contribution in [3.05, 3.63) is 58.3 Å². The first kappa shape index (κ1) is 20.0. The molecule has 2 fully saturated rings. The van der Waals surface area contributed by atoms with E-state index >= 15 is 0 Å². The van der Waals surface area contributed by atoms with Crippen molar-refractivity contribution in [1.82, 2.24) is 9.97 Å². The molecule has 0 aromatic carbocycles. The first-order valence-corrected chi connectivity index (χ1v) is 11.3. The minimum Gasteiger partial charge on any atom is -0.375 e. The van der Waals surface area contributed by atoms with Crippen LogP contribution in [0.2, 0.25) is 0 Å². The van der Waals surface area contributed by atoms with Gasteiger partial charge in [0.25, 0.3) is 0 Å². The van der Waals surface area contributed by atoms with Crippen molar-refractivity contribution in [2.24, 2.45) is 0 Å². The molecule has 2 aromatic rings. The van der Waals surface area contributed by atoms with Crippen molar-refractivity contribution in [2.75, 3.05) is 6.61 Å². The number of ether oxygens (including phenoxy) is 1. The molecular weight excluding hydrogens is 419 g/mol. The Kier molecular flexibility index (Phi) is 6.12. The van der Waals surface area contributed by atoms with Gasteiger partial charge in [-0.05, 0) is 84.6 Å². The van der Waals surface area contributed by atoms with E-state index in [1.54, 1.807) is 12.3 Å². The van der Waals surface area contributed by atoms with Gasteiger partial charge in [-0.25, -0.2) is 9.37 Å². The van der Waals surface area contributed by atoms with Crippen LogP contribution in [0.4, 0.5) is 4.39 Å². The summed E-state index contributed by atoms with van der Waals surface area (Å²) < 4.78 is 20.3. The van der Waals surface area contributed by atoms with E-state index in [-0.39, 0.29) is 21.4 Å². The Morgan fingerprint density at radius 2 is 1.96 bits per heavy atom. The second-order valence-corrected chi connectivity index (χ2v) is 9.24. The molecule has 3 heterocycles. The summed E-state index contributed by atoms with van der Waals surface area (Å²) in [6.45, 7) is 0.832. The fourth-order valence-electron chi connectivity index (χ4n) is 5.19. The number of unbranched alkanes of at least 4 members (excludes halogenated alkanes) is 1. The molecule has 4 rings (SSSR count). The third-order valence-electron chi connectivity index (χ3n) is 6.60. The van der Waals surface area contributed by atoms with Crippen LogP contribution in [-0.2, 0) is 16.6 Å². The number of halogens is 2. The molecule has 1 aliphatic heterocycles. The maximum Gasteiger partial charge on any atom is 0.156 e. The van der Waals surface area contributed by atoms with Crippen LogP contribution in [0.1, 0.15) is 69.0 Å². The number of pyridine rings is 2. The lowest BCUT2D eigenvalue weighted by Crippen LogP contribution is -2.46. The van der Waals surface area contributed by atoms with E-state index < -0.39 is 0 Å². The minimum atomic E-state index is -0.282. The normalized spacial score (nSPS) is 23.9. The van der Waals surface area contributed by atoms with Crippen molar-refractivity contribution in [2.45, 2.75) is 75.2 Å². The molecule has 0 radical (unpaired) electrons. The van der Waals surface area contributed by atoms with Gasteiger partial charge < -0.3 is 4.74 Å². The zero-order chi connectivity index (χ0) is 19.5. The van der Waals surface area contributed by atoms with Crippen LogP contribution in [0.25, 0.3) is 0 Å². The lowest BCUT2D eigenvalue weighted by atomic mass is 9.67. The molecular formula is C23H28BrFN2O. The molecule has 1 saturated carbocycles. The van der Waals surface area contributed by atoms with Crippen molar-refractivity contribution in [1.29, 1.82) is 0 Å². The highest BCUT2D eigenvalue weighted by Gasteiger charge is 2.48. The predicted octanol–water partition coefficient (Wildman–Crippen LogP) is 6.15. The van der Waals surface area contributed by atoms with Crippen molar-refractivity contribution in [3.8, 4) is 0 Å². The summed E-state index contributed by atoms with van der Waals surface area (Å²) in [6.07, 6.45) is 14.9. The Labute approximate surface area is 175 Å². The lowest BCUT2D eigenvalue weighted by Gasteiger charge is -2.46. The van der Waals surface area contributed by atoms with Crippen LogP contribution in [0.15, 0.2) is 41.3 Å². The first-order chi connectivity index (χ1) is 13.6. The quantitative estimate of drug-likeness (QED) is 0.394. The summed E-state index contributed by atoms with van der Waals surface area (Å²) in [7, 11) is 0. The highest BCUT2D eigenvalue weighted by Crippen LogP contribution is 2.50. The predicted molar refractivity (Wildman–Crippen MR) is 112 cm³/mol. The maximum atomic E-state index is 13.7. The third kappa shape index (κ3) is 4.30. The zero-order valence-corrected chi connectivity index (χ0v) is 17.9. The summed E-state index contributed by atoms with van der Waals surface area (Å²) in [4.78, 5) is 8.84. The molecule has 0 amide bonds. The van der Waals surface area contributed by atoms with Gasteiger partial charge in [0.05, 0.1) is 5.60 Å². The van der Waals surface area contributed by atoms with E-state index in [1.807, 2.05) is 12.3 Å². The van der Waals surface area contributed by atoms with Crippen LogP contribution >= 0.6 is 15.9 Å². The van der Waals surface area contributed by atoms with Crippen LogP contribution < -0.4 is 0 Å². The third-order valence-corrected chi connectivity index (χ3v) is 7.18. The fraction of sp³-hybridized carbons (Fsp3) is 0.565. The number of hydrogen-bond donors (Lipinski definition) is 0. The summed E-state index contributed by atoms with van der Waals surface area (Å²) in [6, 6.07) is 7.89. The van der Waals surface area contributed by atoms with E-state index in [1.165, 1.54) is 31.4 Å². The number of nitrogens with zero attached hydrogens (tertiary/aromatic N) is 2. The second-order valence-electron chi connectivity index (χ2n) is 8.48. The summed E-state index contributed by atoms with van der Waals surface area (Å²) in [5.41, 5.74) is 2.36. The summed E-state index contributed by atoms with van der Waals surface area (Å²) in [5, 5.41) is 0. The Bertz CT molecular complexity index is 794. The van der Waals surface area contributed by atoms with E-state index in [0.717, 1.165) is 50.7 Å². The molecule has 3 nitrogen and oxygen atoms in total. The van der Waals surface area contributed by atoms with Crippen molar-refractivity contribution in [3.63, 3.8) is 0 Å². The number of hydrogen-bond acceptors (Lipinski definition) is 3. The van der Waals surface area contributed by atoms with E-state index in [0.29, 0.717) is 0 Å². The number of rotatable bonds is 6. The highest BCUT2D eigenvalue weighted by molar-refractivity contribution is 9.10. The molecule has 150 valence electrons. The van der Waals surface area contributed by atoms with Crippen molar-refractivity contribution >= 4 is 15.9 Å². The van der Waals surface area contributed by atoms with Crippen LogP contribution in [-0.4, -0.2) is 22.2 Å². The molecule has 2 aliphatic rings. The van der Waals surface area contributed by atoms with E-state index in [9.17, 15) is 4.39 Å². The fourth-order valence-corrected chi connectivity index (χ4v) is 5.40. The van der Waals surface area contributed by atoms with E-state index in [4.69, 9.17) is 9.72 Å². The van der Waals surface area contributed by atoms with E-state index in [2.05, 4.69) is 33.0 Å². The average molecular weight is 447 g/mol. The van der Waals surface area contributed by atoms with Crippen LogP contribution in [0.3, 0.4) is 0 Å². The van der Waals surface area contributed by atoms with Gasteiger partial charge in [0.2, 0.25) is 0 Å². The first-order valence-electron chi connectivity index (χ1n) is 10.5. The van der Waals surface area contributed by atoms with Gasteiger partial charge in [-0.1, -0.05) is 25.3 Å². The lowest BCUT2D eigenvalue weighted by molar-refractivity contribution is -0.104. The van der Waals surface area contributed by atoms with Crippen LogP contribution in [0.5, 0.6) is 0 Å². The smallest absolute Gasteiger partial charge is 0.156 e. The van der Waals surface area contributed by atoms with Gasteiger partial charge >= 0.3 is 0 Å². The molecule has 0 unspecified atom stereocenters. The topological polar surface area (TPSA) is 35.0 Å². The van der Waals surface area contributed by atoms with Gasteiger partial charge in [-0.15, -0.1) is 0 Å². The SMILES string of the molecule is Fc1cc(CCCC[C@@]2(c3ccccn3)CCOC3(CCCC3)C2)cnc1Br. The molecule has 0 N–H and O–H groups in total. The minimum absolute atomic E-state index is 0.0640. The van der Waals surface area contributed by atoms with Gasteiger partial charge in [-0.2, -0.15) is 0 Å². The maximum absolute atomic E-state index is 13.7. The molecule has 2 aromatic heterocycles. The summed E-state index contributed by atoms with van der Waals surface area (Å²) in [5.74, 6) is -0.282. The van der Waals surface area contributed by atoms with Gasteiger partial charge in [0.15, 0.2) is 5.82 Å². The van der Waals surface area contributed by atoms with Gasteiger partial charge in [-0.3, -0.25) is 4.98 Å². The Morgan fingerprint density at radius 3 is 2.71 bits per heavy atom. The largest absolute Gasteiger partial charge is 0.375 e. The highest BCUT2D eigenvalue weighted by atomic mass is 79.9. The molecule has 28 heavy (non-hydrogen) atoms. The molecule has 1 atom stereocenters. The summed E-state index contributed by atoms with van der Waals surface area (Å²) >= 11 is 3.12. The average Bonchev–Trinajstić information content (AvgIpc) is 3.16.